The van der Waals surface area contributed by atoms with E-state index in [-0.39, 0.29) is 0 Å². The zero-order valence-corrected chi connectivity index (χ0v) is 5.93. The number of allylic oxidation sites excluding steroid dienone is 2. The van der Waals surface area contributed by atoms with Crippen LogP contribution < -0.4 is 0 Å². The molecule has 0 unspecified atom stereocenters. The molecule has 0 aromatic rings. The Hall–Kier alpha value is 0.280. The van der Waals surface area contributed by atoms with Gasteiger partial charge in [-0.05, 0) is 6.08 Å². The van der Waals surface area contributed by atoms with Crippen LogP contribution in [0.25, 0.3) is 0 Å². The Balaban J connectivity index is 4.00. The van der Waals surface area contributed by atoms with Gasteiger partial charge in [0.1, 0.15) is 4.49 Å². The minimum atomic E-state index is -0.733. The lowest BCUT2D eigenvalue weighted by atomic mass is 10.6. The third-order valence-electron chi connectivity index (χ3n) is 0.390. The van der Waals surface area contributed by atoms with E-state index in [1.54, 1.807) is 0 Å². The van der Waals surface area contributed by atoms with E-state index in [4.69, 9.17) is 34.8 Å². The van der Waals surface area contributed by atoms with Crippen LogP contribution >= 0.6 is 34.8 Å². The predicted octanol–water partition coefficient (Wildman–Crippen LogP) is 3.36. The molecular weight excluding hydrogens is 173 g/mol. The maximum Gasteiger partial charge on any atom is 0.154 e. The zero-order chi connectivity index (χ0) is 6.57. The maximum absolute atomic E-state index is 12.0. The van der Waals surface area contributed by atoms with Gasteiger partial charge >= 0.3 is 0 Å². The third kappa shape index (κ3) is 3.30. The van der Waals surface area contributed by atoms with Gasteiger partial charge in [0.15, 0.2) is 5.83 Å². The fraction of sp³-hybridized carbons (Fsp3) is 0. The minimum Gasteiger partial charge on any atom is -0.204 e. The quantitative estimate of drug-likeness (QED) is 0.536. The van der Waals surface area contributed by atoms with Gasteiger partial charge in [-0.25, -0.2) is 4.39 Å². The minimum absolute atomic E-state index is 0.415. The smallest absolute Gasteiger partial charge is 0.154 e. The molecule has 0 nitrogen and oxygen atoms in total. The SMILES string of the molecule is FC(C=CCl)=C(Cl)Cl. The van der Waals surface area contributed by atoms with Crippen molar-refractivity contribution in [2.24, 2.45) is 0 Å². The van der Waals surface area contributed by atoms with Crippen LogP contribution in [0.1, 0.15) is 0 Å². The normalized spacial score (nSPS) is 10.0. The molecule has 0 aromatic carbocycles. The van der Waals surface area contributed by atoms with Gasteiger partial charge in [-0.15, -0.1) is 0 Å². The summed E-state index contributed by atoms with van der Waals surface area (Å²) in [6.45, 7) is 0. The summed E-state index contributed by atoms with van der Waals surface area (Å²) in [5.41, 5.74) is 0.986. The number of hydrogen-bond donors (Lipinski definition) is 0. The van der Waals surface area contributed by atoms with Crippen molar-refractivity contribution in [1.82, 2.24) is 0 Å². The van der Waals surface area contributed by atoms with Crippen LogP contribution in [0.2, 0.25) is 0 Å². The summed E-state index contributed by atoms with van der Waals surface area (Å²) in [5.74, 6) is -0.733. The lowest BCUT2D eigenvalue weighted by Gasteiger charge is -1.81. The molecule has 0 rings (SSSR count). The van der Waals surface area contributed by atoms with Crippen molar-refractivity contribution < 1.29 is 4.39 Å². The second-order valence-corrected chi connectivity index (χ2v) is 2.10. The molecule has 0 fully saturated rings. The van der Waals surface area contributed by atoms with Crippen LogP contribution in [0.15, 0.2) is 21.9 Å². The Morgan fingerprint density at radius 1 is 1.38 bits per heavy atom. The van der Waals surface area contributed by atoms with Crippen LogP contribution in [0.5, 0.6) is 0 Å². The molecule has 0 N–H and O–H groups in total. The largest absolute Gasteiger partial charge is 0.204 e. The van der Waals surface area contributed by atoms with Crippen molar-refractivity contribution in [3.05, 3.63) is 21.9 Å². The molecule has 0 aromatic heterocycles. The number of hydrogen-bond acceptors (Lipinski definition) is 0. The van der Waals surface area contributed by atoms with E-state index in [1.165, 1.54) is 0 Å². The van der Waals surface area contributed by atoms with Crippen LogP contribution in [0, 0.1) is 0 Å². The van der Waals surface area contributed by atoms with Crippen LogP contribution in [-0.2, 0) is 0 Å². The van der Waals surface area contributed by atoms with Crippen LogP contribution in [-0.4, -0.2) is 0 Å². The molecule has 8 heavy (non-hydrogen) atoms. The average Bonchev–Trinajstić information content (AvgIpc) is 1.67. The molecule has 0 saturated heterocycles. The van der Waals surface area contributed by atoms with Gasteiger partial charge < -0.3 is 0 Å². The Morgan fingerprint density at radius 3 is 2.00 bits per heavy atom. The summed E-state index contributed by atoms with van der Waals surface area (Å²) in [5, 5.41) is 0. The van der Waals surface area contributed by atoms with Gasteiger partial charge in [-0.3, -0.25) is 0 Å². The van der Waals surface area contributed by atoms with Crippen molar-refractivity contribution in [1.29, 1.82) is 0 Å². The Morgan fingerprint density at radius 2 is 1.88 bits per heavy atom. The van der Waals surface area contributed by atoms with Gasteiger partial charge in [-0.2, -0.15) is 0 Å². The molecule has 0 atom stereocenters. The molecule has 4 heteroatoms. The predicted molar refractivity (Wildman–Crippen MR) is 34.8 cm³/mol. The Bertz CT molecular complexity index is 123. The van der Waals surface area contributed by atoms with Crippen LogP contribution in [0.3, 0.4) is 0 Å². The van der Waals surface area contributed by atoms with Gasteiger partial charge in [0.05, 0.1) is 0 Å². The highest BCUT2D eigenvalue weighted by molar-refractivity contribution is 6.56. The van der Waals surface area contributed by atoms with Crippen molar-refractivity contribution in [2.75, 3.05) is 0 Å². The van der Waals surface area contributed by atoms with Gasteiger partial charge in [-0.1, -0.05) is 34.8 Å². The van der Waals surface area contributed by atoms with E-state index in [1.807, 2.05) is 0 Å². The first-order chi connectivity index (χ1) is 3.68. The second kappa shape index (κ2) is 4.19. The Labute approximate surface area is 61.5 Å². The molecule has 0 radical (unpaired) electrons. The summed E-state index contributed by atoms with van der Waals surface area (Å²) in [6.07, 6.45) is 0.955. The van der Waals surface area contributed by atoms with Gasteiger partial charge in [0.2, 0.25) is 0 Å². The monoisotopic (exact) mass is 174 g/mol. The highest BCUT2D eigenvalue weighted by Gasteiger charge is 1.92. The summed E-state index contributed by atoms with van der Waals surface area (Å²) in [4.78, 5) is 0. The second-order valence-electron chi connectivity index (χ2n) is 0.901. The molecule has 0 aliphatic carbocycles. The number of rotatable bonds is 1. The van der Waals surface area contributed by atoms with Crippen LogP contribution in [0.4, 0.5) is 4.39 Å². The van der Waals surface area contributed by atoms with E-state index < -0.39 is 10.3 Å². The van der Waals surface area contributed by atoms with Crippen molar-refractivity contribution >= 4 is 34.8 Å². The molecule has 0 spiro atoms. The average molecular weight is 175 g/mol. The first kappa shape index (κ1) is 8.28. The topological polar surface area (TPSA) is 0 Å². The van der Waals surface area contributed by atoms with Crippen molar-refractivity contribution in [3.8, 4) is 0 Å². The van der Waals surface area contributed by atoms with E-state index in [2.05, 4.69) is 0 Å². The highest BCUT2D eigenvalue weighted by Crippen LogP contribution is 2.15. The summed E-state index contributed by atoms with van der Waals surface area (Å²) >= 11 is 14.9. The summed E-state index contributed by atoms with van der Waals surface area (Å²) in [6, 6.07) is 0. The summed E-state index contributed by atoms with van der Waals surface area (Å²) < 4.78 is 11.6. The zero-order valence-electron chi connectivity index (χ0n) is 3.67. The lowest BCUT2D eigenvalue weighted by Crippen LogP contribution is -1.61. The third-order valence-corrected chi connectivity index (χ3v) is 0.877. The standard InChI is InChI=1S/C4H2Cl3F/c5-2-1-3(8)4(6)7/h1-2H. The van der Waals surface area contributed by atoms with Gasteiger partial charge in [0.25, 0.3) is 0 Å². The Kier molecular flexibility index (Phi) is 4.33. The first-order valence-corrected chi connectivity index (χ1v) is 2.85. The van der Waals surface area contributed by atoms with E-state index in [9.17, 15) is 4.39 Å². The van der Waals surface area contributed by atoms with Crippen molar-refractivity contribution in [2.45, 2.75) is 0 Å². The van der Waals surface area contributed by atoms with Crippen molar-refractivity contribution in [3.63, 3.8) is 0 Å². The molecule has 0 aliphatic rings. The molecule has 0 amide bonds. The lowest BCUT2D eigenvalue weighted by molar-refractivity contribution is 0.667. The number of halogens is 4. The highest BCUT2D eigenvalue weighted by atomic mass is 35.5. The molecule has 0 bridgehead atoms. The van der Waals surface area contributed by atoms with E-state index >= 15 is 0 Å². The molecule has 46 valence electrons. The summed E-state index contributed by atoms with van der Waals surface area (Å²) in [7, 11) is 0. The molecule has 0 heterocycles. The first-order valence-electron chi connectivity index (χ1n) is 1.66. The maximum atomic E-state index is 12.0. The van der Waals surface area contributed by atoms with Gasteiger partial charge in [0, 0.05) is 5.54 Å². The molecule has 0 aliphatic heterocycles. The van der Waals surface area contributed by atoms with E-state index in [0.717, 1.165) is 11.6 Å². The molecular formula is C4H2Cl3F. The molecule has 0 saturated carbocycles. The fourth-order valence-corrected chi connectivity index (χ4v) is 0.355. The van der Waals surface area contributed by atoms with E-state index in [0.29, 0.717) is 0 Å². The fourth-order valence-electron chi connectivity index (χ4n) is 0.118.